The Hall–Kier alpha value is -0.569. The lowest BCUT2D eigenvalue weighted by atomic mass is 10.1. The molecule has 8 nitrogen and oxygen atoms in total. The molecule has 1 fully saturated rings. The Kier molecular flexibility index (Phi) is 10.8. The van der Waals surface area contributed by atoms with Crippen molar-refractivity contribution in [2.45, 2.75) is 32.2 Å². The van der Waals surface area contributed by atoms with Gasteiger partial charge in [-0.25, -0.2) is 0 Å². The number of hydrogen-bond acceptors (Lipinski definition) is 8. The van der Waals surface area contributed by atoms with Gasteiger partial charge in [0.1, 0.15) is 0 Å². The first-order chi connectivity index (χ1) is 19.0. The largest absolute Gasteiger partial charge is 0.536 e. The van der Waals surface area contributed by atoms with Gasteiger partial charge >= 0.3 is 26.4 Å². The van der Waals surface area contributed by atoms with Crippen molar-refractivity contribution in [3.8, 4) is 0 Å². The second kappa shape index (κ2) is 13.4. The second-order valence-electron chi connectivity index (χ2n) is 9.16. The summed E-state index contributed by atoms with van der Waals surface area (Å²) in [6, 6.07) is 22.3. The van der Waals surface area contributed by atoms with E-state index < -0.39 is 44.7 Å². The first-order valence-electron chi connectivity index (χ1n) is 12.4. The van der Waals surface area contributed by atoms with Crippen LogP contribution in [-0.2, 0) is 30.7 Å². The topological polar surface area (TPSA) is 84.8 Å². The molecule has 0 saturated carbocycles. The van der Waals surface area contributed by atoms with E-state index in [0.717, 1.165) is 18.6 Å². The highest BCUT2D eigenvalue weighted by atomic mass is 79.9. The van der Waals surface area contributed by atoms with Crippen LogP contribution in [0.15, 0.2) is 86.2 Å². The molecular formula is C26H31Br3O8Si3. The summed E-state index contributed by atoms with van der Waals surface area (Å²) < 4.78 is 46.9. The van der Waals surface area contributed by atoms with Crippen LogP contribution in [0.2, 0.25) is 0 Å². The van der Waals surface area contributed by atoms with Gasteiger partial charge in [-0.1, -0.05) is 84.2 Å². The van der Waals surface area contributed by atoms with E-state index in [1.807, 2.05) is 74.5 Å². The molecule has 1 aliphatic heterocycles. The van der Waals surface area contributed by atoms with E-state index in [0.29, 0.717) is 10.4 Å². The fourth-order valence-electron chi connectivity index (χ4n) is 4.53. The Bertz CT molecular complexity index is 1270. The molecule has 2 unspecified atom stereocenters. The highest BCUT2D eigenvalue weighted by Crippen LogP contribution is 2.30. The minimum Gasteiger partial charge on any atom is -0.387 e. The Labute approximate surface area is 263 Å². The van der Waals surface area contributed by atoms with Crippen molar-refractivity contribution in [3.63, 3.8) is 0 Å². The van der Waals surface area contributed by atoms with E-state index in [1.54, 1.807) is 26.4 Å². The summed E-state index contributed by atoms with van der Waals surface area (Å²) in [4.78, 5) is 12.1. The van der Waals surface area contributed by atoms with Crippen LogP contribution in [0.1, 0.15) is 13.8 Å². The monoisotopic (exact) mass is 792 g/mol. The summed E-state index contributed by atoms with van der Waals surface area (Å²) in [7, 11) is -6.57. The smallest absolute Gasteiger partial charge is 0.387 e. The highest BCUT2D eigenvalue weighted by molar-refractivity contribution is 9.11. The van der Waals surface area contributed by atoms with Gasteiger partial charge < -0.3 is 35.5 Å². The lowest BCUT2D eigenvalue weighted by Crippen LogP contribution is -2.66. The molecule has 0 spiro atoms. The van der Waals surface area contributed by atoms with Gasteiger partial charge in [0.05, 0.1) is 18.3 Å². The zero-order valence-corrected chi connectivity index (χ0v) is 30.4. The third kappa shape index (κ3) is 6.81. The minimum absolute atomic E-state index is 0.527. The number of hydrogen-bond donors (Lipinski definition) is 1. The molecule has 1 saturated heterocycles. The van der Waals surface area contributed by atoms with Crippen molar-refractivity contribution < 1.29 is 35.5 Å². The molecule has 1 heterocycles. The Balaban J connectivity index is 1.77. The van der Waals surface area contributed by atoms with Gasteiger partial charge in [0, 0.05) is 50.3 Å². The van der Waals surface area contributed by atoms with Crippen LogP contribution in [-0.4, -0.2) is 70.9 Å². The van der Waals surface area contributed by atoms with Gasteiger partial charge in [-0.05, 0) is 50.2 Å². The van der Waals surface area contributed by atoms with Crippen molar-refractivity contribution in [2.75, 3.05) is 21.3 Å². The van der Waals surface area contributed by atoms with Gasteiger partial charge in [-0.15, -0.1) is 0 Å². The van der Waals surface area contributed by atoms with E-state index in [2.05, 4.69) is 47.8 Å². The molecule has 3 aromatic carbocycles. The van der Waals surface area contributed by atoms with Gasteiger partial charge in [-0.2, -0.15) is 0 Å². The fraction of sp³-hybridized carbons (Fsp3) is 0.308. The Morgan fingerprint density at radius 3 is 1.73 bits per heavy atom. The van der Waals surface area contributed by atoms with Crippen LogP contribution in [0, 0.1) is 0 Å². The van der Waals surface area contributed by atoms with Crippen LogP contribution < -0.4 is 15.6 Å². The molecule has 216 valence electrons. The van der Waals surface area contributed by atoms with Crippen LogP contribution >= 0.6 is 47.8 Å². The zero-order valence-electron chi connectivity index (χ0n) is 22.6. The van der Waals surface area contributed by atoms with Crippen LogP contribution in [0.4, 0.5) is 0 Å². The van der Waals surface area contributed by atoms with E-state index >= 15 is 0 Å². The van der Waals surface area contributed by atoms with E-state index in [9.17, 15) is 4.80 Å². The summed E-state index contributed by atoms with van der Waals surface area (Å²) in [5, 5.41) is 1.99. The van der Waals surface area contributed by atoms with Gasteiger partial charge in [-0.3, -0.25) is 0 Å². The number of halogens is 3. The maximum atomic E-state index is 12.1. The van der Waals surface area contributed by atoms with E-state index in [4.69, 9.17) is 30.7 Å². The number of benzene rings is 3. The van der Waals surface area contributed by atoms with Crippen LogP contribution in [0.3, 0.4) is 0 Å². The van der Waals surface area contributed by atoms with E-state index in [1.165, 1.54) is 7.11 Å². The van der Waals surface area contributed by atoms with Crippen molar-refractivity contribution in [3.05, 3.63) is 86.2 Å². The van der Waals surface area contributed by atoms with Gasteiger partial charge in [0.25, 0.3) is 0 Å². The Morgan fingerprint density at radius 2 is 1.25 bits per heavy atom. The maximum absolute atomic E-state index is 12.1. The quantitative estimate of drug-likeness (QED) is 0.327. The summed E-state index contributed by atoms with van der Waals surface area (Å²) in [6.07, 6.45) is -1.99. The normalized spacial score (nSPS) is 26.3. The molecule has 4 rings (SSSR count). The van der Waals surface area contributed by atoms with Crippen molar-refractivity contribution in [1.29, 1.82) is 0 Å². The lowest BCUT2D eigenvalue weighted by Gasteiger charge is -2.37. The van der Waals surface area contributed by atoms with Crippen LogP contribution in [0.5, 0.6) is 0 Å². The molecule has 0 bridgehead atoms. The predicted molar refractivity (Wildman–Crippen MR) is 169 cm³/mol. The maximum Gasteiger partial charge on any atom is 0.536 e. The average molecular weight is 795 g/mol. The molecule has 0 amide bonds. The first-order valence-corrected chi connectivity index (χ1v) is 20.0. The van der Waals surface area contributed by atoms with Crippen molar-refractivity contribution in [2.24, 2.45) is 0 Å². The van der Waals surface area contributed by atoms with Crippen molar-refractivity contribution in [1.82, 2.24) is 0 Å². The number of rotatable bonds is 9. The SMILES string of the molecule is CO[Si](OC)(O[C@H](C)[C@H]1O[Si](OC)(c2ccc(Br)cc2)O[Si](O)(c2ccc(Br)cc2)O[C@H]1C)c1ccc(Br)cc1. The first kappa shape index (κ1) is 32.3. The molecule has 3 aromatic rings. The summed E-state index contributed by atoms with van der Waals surface area (Å²) in [5.41, 5.74) is 0. The van der Waals surface area contributed by atoms with E-state index in [-0.39, 0.29) is 0 Å². The lowest BCUT2D eigenvalue weighted by molar-refractivity contribution is -0.0485. The molecular weight excluding hydrogens is 764 g/mol. The summed E-state index contributed by atoms with van der Waals surface area (Å²) in [5.74, 6) is 0. The molecule has 14 heteroatoms. The average Bonchev–Trinajstić information content (AvgIpc) is 3.07. The molecule has 0 aliphatic carbocycles. The minimum atomic E-state index is -4.07. The second-order valence-corrected chi connectivity index (χ2v) is 19.8. The fourth-order valence-corrected chi connectivity index (χ4v) is 13.7. The molecule has 40 heavy (non-hydrogen) atoms. The zero-order chi connectivity index (χ0) is 29.1. The molecule has 1 aliphatic rings. The van der Waals surface area contributed by atoms with Crippen LogP contribution in [0.25, 0.3) is 0 Å². The van der Waals surface area contributed by atoms with Gasteiger partial charge in [0.2, 0.25) is 0 Å². The molecule has 0 radical (unpaired) electrons. The molecule has 5 atom stereocenters. The summed E-state index contributed by atoms with van der Waals surface area (Å²) >= 11 is 10.4. The van der Waals surface area contributed by atoms with Crippen molar-refractivity contribution >= 4 is 89.8 Å². The predicted octanol–water partition coefficient (Wildman–Crippen LogP) is 3.97. The standard InChI is InChI=1S/C26H31Br3O8Si3/c1-18-26(19(2)35-39(31-3,32-4)24-14-8-21(28)9-15-24)36-40(33-5,25-16-10-22(29)11-17-25)37-38(30,34-18)23-12-6-20(27)7-13-23/h6-19,26,30H,1-5H3/t18-,19+,26-,38?,40?/m0/s1. The highest BCUT2D eigenvalue weighted by Gasteiger charge is 2.61. The Morgan fingerprint density at radius 1 is 0.775 bits per heavy atom. The molecule has 1 N–H and O–H groups in total. The third-order valence-electron chi connectivity index (χ3n) is 6.59. The van der Waals surface area contributed by atoms with Gasteiger partial charge in [0.15, 0.2) is 0 Å². The summed E-state index contributed by atoms with van der Waals surface area (Å²) in [6.45, 7) is 3.69. The third-order valence-corrected chi connectivity index (χ3v) is 17.1. The molecule has 0 aromatic heterocycles.